The van der Waals surface area contributed by atoms with E-state index in [1.165, 1.54) is 19.2 Å². The monoisotopic (exact) mass is 490 g/mol. The number of nitro groups is 1. The van der Waals surface area contributed by atoms with Crippen LogP contribution in [0.2, 0.25) is 0 Å². The van der Waals surface area contributed by atoms with Crippen molar-refractivity contribution in [1.29, 1.82) is 0 Å². The first-order chi connectivity index (χ1) is 16.7. The molecule has 0 saturated heterocycles. The van der Waals surface area contributed by atoms with Gasteiger partial charge in [-0.2, -0.15) is 0 Å². The topological polar surface area (TPSA) is 120 Å². The number of nitrogens with zero attached hydrogens (tertiary/aromatic N) is 2. The lowest BCUT2D eigenvalue weighted by molar-refractivity contribution is -0.385. The van der Waals surface area contributed by atoms with Gasteiger partial charge in [0, 0.05) is 22.9 Å². The van der Waals surface area contributed by atoms with Crippen molar-refractivity contribution in [3.8, 4) is 17.2 Å². The fourth-order valence-electron chi connectivity index (χ4n) is 3.69. The van der Waals surface area contributed by atoms with E-state index in [1.54, 1.807) is 0 Å². The van der Waals surface area contributed by atoms with Gasteiger partial charge in [-0.05, 0) is 80.0 Å². The van der Waals surface area contributed by atoms with Crippen LogP contribution >= 0.6 is 12.2 Å². The summed E-state index contributed by atoms with van der Waals surface area (Å²) in [5.74, 6) is -0.0617. The quantitative estimate of drug-likeness (QED) is 0.215. The first kappa shape index (κ1) is 23.8. The second-order valence-corrected chi connectivity index (χ2v) is 8.44. The van der Waals surface area contributed by atoms with Crippen molar-refractivity contribution in [3.05, 3.63) is 80.9 Å². The van der Waals surface area contributed by atoms with E-state index in [9.17, 15) is 14.9 Å². The van der Waals surface area contributed by atoms with E-state index in [1.807, 2.05) is 51.1 Å². The van der Waals surface area contributed by atoms with Crippen molar-refractivity contribution >= 4 is 45.7 Å². The number of nitrogens with one attached hydrogen (secondary N) is 2. The summed E-state index contributed by atoms with van der Waals surface area (Å²) in [5, 5.41) is 16.8. The maximum Gasteiger partial charge on any atom is 0.311 e. The average Bonchev–Trinajstić information content (AvgIpc) is 3.24. The van der Waals surface area contributed by atoms with Crippen LogP contribution in [0.1, 0.15) is 27.0 Å². The maximum absolute atomic E-state index is 12.6. The summed E-state index contributed by atoms with van der Waals surface area (Å²) in [7, 11) is 1.32. The zero-order valence-corrected chi connectivity index (χ0v) is 20.3. The molecule has 4 aromatic rings. The second kappa shape index (κ2) is 9.51. The van der Waals surface area contributed by atoms with Crippen molar-refractivity contribution < 1.29 is 18.9 Å². The van der Waals surface area contributed by atoms with Crippen LogP contribution in [0.15, 0.2) is 52.9 Å². The molecule has 3 aromatic carbocycles. The molecule has 1 aromatic heterocycles. The number of ether oxygens (including phenoxy) is 1. The summed E-state index contributed by atoms with van der Waals surface area (Å²) in [6.45, 7) is 5.88. The lowest BCUT2D eigenvalue weighted by Gasteiger charge is -2.13. The molecular weight excluding hydrogens is 468 g/mol. The zero-order valence-electron chi connectivity index (χ0n) is 19.5. The highest BCUT2D eigenvalue weighted by Gasteiger charge is 2.19. The smallest absolute Gasteiger partial charge is 0.311 e. The summed E-state index contributed by atoms with van der Waals surface area (Å²) in [5.41, 5.74) is 5.66. The molecule has 0 fully saturated rings. The third-order valence-corrected chi connectivity index (χ3v) is 5.62. The largest absolute Gasteiger partial charge is 0.490 e. The number of hydrogen-bond acceptors (Lipinski definition) is 7. The van der Waals surface area contributed by atoms with Gasteiger partial charge in [-0.3, -0.25) is 20.2 Å². The molecule has 0 bridgehead atoms. The Morgan fingerprint density at radius 1 is 1.09 bits per heavy atom. The number of carbonyl (C=O) groups is 1. The van der Waals surface area contributed by atoms with Crippen LogP contribution in [0.3, 0.4) is 0 Å². The minimum absolute atomic E-state index is 0.0396. The van der Waals surface area contributed by atoms with Crippen LogP contribution < -0.4 is 15.4 Å². The molecule has 0 aliphatic rings. The molecule has 1 heterocycles. The molecule has 0 aliphatic heterocycles. The van der Waals surface area contributed by atoms with E-state index < -0.39 is 10.8 Å². The summed E-state index contributed by atoms with van der Waals surface area (Å²) in [6.07, 6.45) is 0. The molecule has 178 valence electrons. The van der Waals surface area contributed by atoms with Crippen LogP contribution in [-0.2, 0) is 0 Å². The van der Waals surface area contributed by atoms with E-state index in [0.717, 1.165) is 39.4 Å². The van der Waals surface area contributed by atoms with Gasteiger partial charge in [0.2, 0.25) is 5.89 Å². The Labute approximate surface area is 206 Å². The molecular formula is C25H22N4O5S. The highest BCUT2D eigenvalue weighted by Crippen LogP contribution is 2.30. The molecule has 0 radical (unpaired) electrons. The van der Waals surface area contributed by atoms with Gasteiger partial charge in [-0.25, -0.2) is 4.98 Å². The minimum atomic E-state index is -0.615. The average molecular weight is 491 g/mol. The highest BCUT2D eigenvalue weighted by atomic mass is 32.1. The number of nitro benzene ring substituents is 1. The lowest BCUT2D eigenvalue weighted by atomic mass is 10.1. The summed E-state index contributed by atoms with van der Waals surface area (Å²) < 4.78 is 11.0. The predicted octanol–water partition coefficient (Wildman–Crippen LogP) is 5.46. The summed E-state index contributed by atoms with van der Waals surface area (Å²) >= 11 is 5.31. The van der Waals surface area contributed by atoms with Crippen molar-refractivity contribution in [3.63, 3.8) is 0 Å². The van der Waals surface area contributed by atoms with Gasteiger partial charge in [0.15, 0.2) is 16.4 Å². The Hall–Kier alpha value is -4.31. The number of fused-ring (bicyclic) bond motifs is 1. The number of benzene rings is 3. The molecule has 0 spiro atoms. The van der Waals surface area contributed by atoms with E-state index in [-0.39, 0.29) is 22.1 Å². The van der Waals surface area contributed by atoms with Gasteiger partial charge in [0.25, 0.3) is 5.91 Å². The predicted molar refractivity (Wildman–Crippen MR) is 137 cm³/mol. The van der Waals surface area contributed by atoms with Crippen LogP contribution in [0.5, 0.6) is 5.75 Å². The molecule has 0 saturated carbocycles. The number of carbonyl (C=O) groups excluding carboxylic acids is 1. The summed E-state index contributed by atoms with van der Waals surface area (Å²) in [6, 6.07) is 13.5. The van der Waals surface area contributed by atoms with E-state index >= 15 is 0 Å². The molecule has 9 nitrogen and oxygen atoms in total. The molecule has 1 amide bonds. The van der Waals surface area contributed by atoms with Crippen molar-refractivity contribution in [1.82, 2.24) is 10.3 Å². The molecule has 2 N–H and O–H groups in total. The van der Waals surface area contributed by atoms with Crippen molar-refractivity contribution in [2.75, 3.05) is 12.4 Å². The number of rotatable bonds is 5. The van der Waals surface area contributed by atoms with Crippen LogP contribution in [0.25, 0.3) is 22.6 Å². The number of hydrogen-bond donors (Lipinski definition) is 2. The Kier molecular flexibility index (Phi) is 6.48. The van der Waals surface area contributed by atoms with Crippen molar-refractivity contribution in [2.45, 2.75) is 20.8 Å². The third kappa shape index (κ3) is 4.97. The van der Waals surface area contributed by atoms with Gasteiger partial charge in [0.05, 0.1) is 12.0 Å². The number of aryl methyl sites for hydroxylation is 3. The minimum Gasteiger partial charge on any atom is -0.490 e. The van der Waals surface area contributed by atoms with Gasteiger partial charge >= 0.3 is 5.69 Å². The van der Waals surface area contributed by atoms with Crippen LogP contribution in [-0.4, -0.2) is 28.0 Å². The van der Waals surface area contributed by atoms with Gasteiger partial charge in [-0.15, -0.1) is 0 Å². The number of thiocarbonyl (C=S) groups is 1. The fourth-order valence-corrected chi connectivity index (χ4v) is 3.90. The Bertz CT molecular complexity index is 1490. The van der Waals surface area contributed by atoms with E-state index in [4.69, 9.17) is 21.4 Å². The number of oxazole rings is 1. The fraction of sp³-hybridized carbons (Fsp3) is 0.160. The first-order valence-corrected chi connectivity index (χ1v) is 11.0. The maximum atomic E-state index is 12.6. The zero-order chi connectivity index (χ0) is 25.3. The molecule has 0 unspecified atom stereocenters. The van der Waals surface area contributed by atoms with Gasteiger partial charge in [-0.1, -0.05) is 12.1 Å². The standard InChI is InChI=1S/C25H22N4O5S/c1-13-9-15(3)22-19(10-13)26-24(34-22)17-6-5-14(2)18(11-17)27-25(35)28-23(30)16-7-8-21(33-4)20(12-16)29(31)32/h5-12H,1-4H3,(H2,27,28,30,35). The van der Waals surface area contributed by atoms with Gasteiger partial charge in [0.1, 0.15) is 5.52 Å². The number of amides is 1. The third-order valence-electron chi connectivity index (χ3n) is 5.42. The Balaban J connectivity index is 1.54. The normalized spacial score (nSPS) is 10.7. The van der Waals surface area contributed by atoms with E-state index in [2.05, 4.69) is 15.6 Å². The molecule has 0 aliphatic carbocycles. The summed E-state index contributed by atoms with van der Waals surface area (Å²) in [4.78, 5) is 27.9. The Morgan fingerprint density at radius 2 is 1.86 bits per heavy atom. The van der Waals surface area contributed by atoms with Crippen LogP contribution in [0, 0.1) is 30.9 Å². The van der Waals surface area contributed by atoms with E-state index in [0.29, 0.717) is 11.6 Å². The second-order valence-electron chi connectivity index (χ2n) is 8.03. The number of anilines is 1. The number of aromatic nitrogens is 1. The lowest BCUT2D eigenvalue weighted by Crippen LogP contribution is -2.34. The number of methoxy groups -OCH3 is 1. The first-order valence-electron chi connectivity index (χ1n) is 10.6. The molecule has 4 rings (SSSR count). The molecule has 10 heteroatoms. The Morgan fingerprint density at radius 3 is 2.57 bits per heavy atom. The SMILES string of the molecule is COc1ccc(C(=O)NC(=S)Nc2cc(-c3nc4cc(C)cc(C)c4o3)ccc2C)cc1[N+](=O)[O-]. The molecule has 35 heavy (non-hydrogen) atoms. The van der Waals surface area contributed by atoms with Gasteiger partial charge < -0.3 is 14.5 Å². The van der Waals surface area contributed by atoms with Crippen LogP contribution in [0.4, 0.5) is 11.4 Å². The molecule has 0 atom stereocenters. The van der Waals surface area contributed by atoms with Crippen molar-refractivity contribution in [2.24, 2.45) is 0 Å². The highest BCUT2D eigenvalue weighted by molar-refractivity contribution is 7.80.